The van der Waals surface area contributed by atoms with Crippen LogP contribution >= 0.6 is 11.3 Å². The summed E-state index contributed by atoms with van der Waals surface area (Å²) in [5.41, 5.74) is 16.8. The predicted molar refractivity (Wildman–Crippen MR) is 262 cm³/mol. The van der Waals surface area contributed by atoms with E-state index in [-0.39, 0.29) is 42.0 Å². The van der Waals surface area contributed by atoms with Crippen LogP contribution in [0.5, 0.6) is 11.5 Å². The number of nitrogens with one attached hydrogen (secondary N) is 2. The highest BCUT2D eigenvalue weighted by atomic mass is 32.1. The van der Waals surface area contributed by atoms with Crippen molar-refractivity contribution in [2.45, 2.75) is 79.4 Å². The van der Waals surface area contributed by atoms with Crippen LogP contribution in [0, 0.1) is 19.8 Å². The van der Waals surface area contributed by atoms with Gasteiger partial charge in [-0.05, 0) is 82.7 Å². The molecule has 2 aromatic carbocycles. The van der Waals surface area contributed by atoms with E-state index in [2.05, 4.69) is 37.1 Å². The van der Waals surface area contributed by atoms with Crippen molar-refractivity contribution in [1.29, 1.82) is 0 Å². The second-order valence-electron chi connectivity index (χ2n) is 17.1. The van der Waals surface area contributed by atoms with Gasteiger partial charge in [0.05, 0.1) is 41.1 Å². The zero-order valence-corrected chi connectivity index (χ0v) is 40.1. The number of aryl methyl sites for hydroxylation is 4. The molecule has 19 nitrogen and oxygen atoms in total. The third-order valence-corrected chi connectivity index (χ3v) is 13.6. The van der Waals surface area contributed by atoms with E-state index in [1.54, 1.807) is 33.5 Å². The Hall–Kier alpha value is -7.06. The van der Waals surface area contributed by atoms with Crippen molar-refractivity contribution in [2.24, 2.45) is 17.4 Å². The number of ether oxygens (including phenoxy) is 2. The van der Waals surface area contributed by atoms with Gasteiger partial charge in [-0.1, -0.05) is 32.1 Å². The molecule has 0 radical (unpaired) electrons. The molecule has 2 fully saturated rings. The maximum absolute atomic E-state index is 13.9. The van der Waals surface area contributed by atoms with Crippen LogP contribution in [0.15, 0.2) is 54.8 Å². The van der Waals surface area contributed by atoms with Crippen molar-refractivity contribution in [3.05, 3.63) is 92.9 Å². The molecule has 358 valence electrons. The summed E-state index contributed by atoms with van der Waals surface area (Å²) in [5, 5.41) is 11.2. The van der Waals surface area contributed by atoms with E-state index >= 15 is 0 Å². The quantitative estimate of drug-likeness (QED) is 0.0517. The lowest BCUT2D eigenvalue weighted by Crippen LogP contribution is -2.47. The molecular formula is C48H59N13O6S. The average molecular weight is 946 g/mol. The minimum atomic E-state index is -0.659. The lowest BCUT2D eigenvalue weighted by atomic mass is 9.82. The Kier molecular flexibility index (Phi) is 14.3. The number of fused-ring (bicyclic) bond motifs is 2. The smallest absolute Gasteiger partial charge is 0.276 e. The Bertz CT molecular complexity index is 2930. The molecule has 1 saturated heterocycles. The van der Waals surface area contributed by atoms with Crippen molar-refractivity contribution >= 4 is 68.9 Å². The van der Waals surface area contributed by atoms with Gasteiger partial charge in [0.2, 0.25) is 23.7 Å². The molecular weight excluding hydrogens is 887 g/mol. The number of methoxy groups -OCH3 is 1. The Morgan fingerprint density at radius 3 is 2.00 bits per heavy atom. The molecule has 0 spiro atoms. The summed E-state index contributed by atoms with van der Waals surface area (Å²) in [7, 11) is 1.48. The fourth-order valence-corrected chi connectivity index (χ4v) is 9.73. The fraction of sp³-hybridized carbons (Fsp3) is 0.417. The number of hydrogen-bond donors (Lipinski definition) is 4. The molecule has 0 unspecified atom stereocenters. The molecule has 2 aliphatic rings. The number of benzene rings is 2. The summed E-state index contributed by atoms with van der Waals surface area (Å²) < 4.78 is 17.4. The number of thiazole rings is 1. The second-order valence-corrected chi connectivity index (χ2v) is 18.3. The van der Waals surface area contributed by atoms with Crippen LogP contribution in [0.1, 0.15) is 96.8 Å². The summed E-state index contributed by atoms with van der Waals surface area (Å²) in [4.78, 5) is 72.1. The van der Waals surface area contributed by atoms with E-state index < -0.39 is 17.7 Å². The van der Waals surface area contributed by atoms with Crippen molar-refractivity contribution in [1.82, 2.24) is 43.7 Å². The van der Waals surface area contributed by atoms with Gasteiger partial charge in [-0.15, -0.1) is 11.3 Å². The number of piperazine rings is 1. The first kappa shape index (κ1) is 47.4. The molecule has 4 aromatic heterocycles. The Morgan fingerprint density at radius 2 is 1.44 bits per heavy atom. The molecule has 1 aliphatic carbocycles. The third-order valence-electron chi connectivity index (χ3n) is 12.6. The monoisotopic (exact) mass is 945 g/mol. The third kappa shape index (κ3) is 9.96. The van der Waals surface area contributed by atoms with Crippen LogP contribution in [-0.4, -0.2) is 114 Å². The number of carbonyl (C=O) groups is 4. The standard InChI is InChI=1S/C48H59N13O6S/c1-7-34-42(68-30(5)51-34)46(65)55-48-52-35-24-32(43(49)62)26-38(66-6)40(35)59(48)16-9-10-17-60-41-36(53-47(60)54-45(64)37-23-28(3)56-61(37)8-2)25-33(44(50)63)27-39(41)67-22-12-15-57-18-20-58(21-19-57)29(4)31-13-11-14-31/h9-10,23-27,31H,4,7-8,11-22H2,1-3,5-6H3,(H2,49,62)(H2,50,63)(H,52,55,65)(H,53,54,64)/b10-9+. The molecule has 6 N–H and O–H groups in total. The zero-order valence-electron chi connectivity index (χ0n) is 39.3. The molecule has 0 atom stereocenters. The maximum Gasteiger partial charge on any atom is 0.276 e. The largest absolute Gasteiger partial charge is 0.494 e. The van der Waals surface area contributed by atoms with Gasteiger partial charge >= 0.3 is 0 Å². The Balaban J connectivity index is 1.09. The van der Waals surface area contributed by atoms with Crippen molar-refractivity contribution < 1.29 is 28.7 Å². The van der Waals surface area contributed by atoms with Gasteiger partial charge in [0.1, 0.15) is 33.1 Å². The van der Waals surface area contributed by atoms with E-state index in [0.717, 1.165) is 44.2 Å². The SMILES string of the molecule is C=C(C1CCC1)N1CCN(CCCOc2cc(C(N)=O)cc3nc(NC(=O)c4cc(C)nn4CC)n(C/C=C/Cn4c(NC(=O)c5sc(C)nc5CC)nc5cc(C(N)=O)cc(OC)c54)c23)CC1. The van der Waals surface area contributed by atoms with E-state index in [1.165, 1.54) is 49.5 Å². The minimum Gasteiger partial charge on any atom is -0.494 e. The summed E-state index contributed by atoms with van der Waals surface area (Å²) in [5.74, 6) is -0.333. The molecule has 4 amide bonds. The normalized spacial score (nSPS) is 14.5. The van der Waals surface area contributed by atoms with E-state index in [9.17, 15) is 19.2 Å². The van der Waals surface area contributed by atoms with Crippen LogP contribution in [0.4, 0.5) is 11.9 Å². The minimum absolute atomic E-state index is 0.179. The number of anilines is 2. The van der Waals surface area contributed by atoms with Gasteiger partial charge in [-0.2, -0.15) is 5.10 Å². The first-order chi connectivity index (χ1) is 32.8. The number of carbonyl (C=O) groups excluding carboxylic acids is 4. The molecule has 5 heterocycles. The summed E-state index contributed by atoms with van der Waals surface area (Å²) in [6.45, 7) is 17.7. The molecule has 68 heavy (non-hydrogen) atoms. The lowest BCUT2D eigenvalue weighted by molar-refractivity contribution is 0.0991. The van der Waals surface area contributed by atoms with Crippen LogP contribution < -0.4 is 31.6 Å². The maximum atomic E-state index is 13.9. The number of rotatable bonds is 20. The average Bonchev–Trinajstić information content (AvgIpc) is 4.07. The molecule has 20 heteroatoms. The van der Waals surface area contributed by atoms with Crippen LogP contribution in [0.2, 0.25) is 0 Å². The highest BCUT2D eigenvalue weighted by molar-refractivity contribution is 7.13. The van der Waals surface area contributed by atoms with Crippen LogP contribution in [-0.2, 0) is 26.1 Å². The fourth-order valence-electron chi connectivity index (χ4n) is 8.83. The number of allylic oxidation sites excluding steroid dienone is 3. The lowest BCUT2D eigenvalue weighted by Gasteiger charge is -2.41. The van der Waals surface area contributed by atoms with Gasteiger partial charge in [0, 0.05) is 69.2 Å². The number of aromatic nitrogens is 7. The number of nitrogens with two attached hydrogens (primary N) is 2. The zero-order chi connectivity index (χ0) is 48.2. The molecule has 1 aliphatic heterocycles. The first-order valence-electron chi connectivity index (χ1n) is 23.1. The number of imidazole rings is 2. The Labute approximate surface area is 398 Å². The van der Waals surface area contributed by atoms with E-state index in [0.29, 0.717) is 81.0 Å². The Morgan fingerprint density at radius 1 is 0.838 bits per heavy atom. The van der Waals surface area contributed by atoms with Crippen LogP contribution in [0.3, 0.4) is 0 Å². The molecule has 0 bridgehead atoms. The van der Waals surface area contributed by atoms with Gasteiger partial charge < -0.3 is 35.0 Å². The number of nitrogens with zero attached hydrogens (tertiary/aromatic N) is 9. The molecule has 6 aromatic rings. The van der Waals surface area contributed by atoms with Gasteiger partial charge in [0.15, 0.2) is 0 Å². The van der Waals surface area contributed by atoms with Crippen LogP contribution in [0.25, 0.3) is 22.1 Å². The van der Waals surface area contributed by atoms with Crippen molar-refractivity contribution in [3.8, 4) is 11.5 Å². The van der Waals surface area contributed by atoms with Gasteiger partial charge in [0.25, 0.3) is 11.8 Å². The first-order valence-corrected chi connectivity index (χ1v) is 23.9. The topological polar surface area (TPSA) is 236 Å². The summed E-state index contributed by atoms with van der Waals surface area (Å²) in [6, 6.07) is 8.01. The van der Waals surface area contributed by atoms with Crippen molar-refractivity contribution in [2.75, 3.05) is 57.1 Å². The number of primary amides is 2. The summed E-state index contributed by atoms with van der Waals surface area (Å²) in [6.07, 6.45) is 8.82. The number of amides is 4. The van der Waals surface area contributed by atoms with Gasteiger partial charge in [-0.3, -0.25) is 39.4 Å². The second kappa shape index (κ2) is 20.4. The van der Waals surface area contributed by atoms with E-state index in [1.807, 2.05) is 44.4 Å². The van der Waals surface area contributed by atoms with Crippen molar-refractivity contribution in [3.63, 3.8) is 0 Å². The molecule has 8 rings (SSSR count). The van der Waals surface area contributed by atoms with Gasteiger partial charge in [-0.25, -0.2) is 15.0 Å². The molecule has 1 saturated carbocycles. The summed E-state index contributed by atoms with van der Waals surface area (Å²) >= 11 is 1.30. The van der Waals surface area contributed by atoms with E-state index in [4.69, 9.17) is 30.9 Å². The predicted octanol–water partition coefficient (Wildman–Crippen LogP) is 5.91. The highest BCUT2D eigenvalue weighted by Gasteiger charge is 2.28. The highest BCUT2D eigenvalue weighted by Crippen LogP contribution is 2.35. The number of hydrogen-bond acceptors (Lipinski definition) is 13.